The number of benzene rings is 1. The third kappa shape index (κ3) is 4.21. The molecule has 1 aromatic heterocycles. The lowest BCUT2D eigenvalue weighted by atomic mass is 10.1. The quantitative estimate of drug-likeness (QED) is 0.288. The summed E-state index contributed by atoms with van der Waals surface area (Å²) >= 11 is 6.02. The summed E-state index contributed by atoms with van der Waals surface area (Å²) in [6.07, 6.45) is 2.72. The fourth-order valence-electron chi connectivity index (χ4n) is 1.85. The summed E-state index contributed by atoms with van der Waals surface area (Å²) in [4.78, 5) is 22.9. The number of hydrogen-bond donors (Lipinski definition) is 2. The molecule has 0 aliphatic carbocycles. The SMILES string of the molecule is CCOC(=O)c1cc(-c2ccc(/C=C/C(=O)NN)o2)ccc1Cl. The van der Waals surface area contributed by atoms with Crippen molar-refractivity contribution in [2.45, 2.75) is 6.92 Å². The summed E-state index contributed by atoms with van der Waals surface area (Å²) in [6.45, 7) is 1.98. The van der Waals surface area contributed by atoms with E-state index in [-0.39, 0.29) is 12.2 Å². The van der Waals surface area contributed by atoms with Crippen LogP contribution in [0.15, 0.2) is 40.8 Å². The number of carbonyl (C=O) groups is 2. The van der Waals surface area contributed by atoms with Gasteiger partial charge in [0.25, 0.3) is 5.91 Å². The Bertz CT molecular complexity index is 752. The molecule has 0 spiro atoms. The van der Waals surface area contributed by atoms with Gasteiger partial charge in [-0.15, -0.1) is 0 Å². The molecule has 6 nitrogen and oxygen atoms in total. The lowest BCUT2D eigenvalue weighted by Crippen LogP contribution is -2.27. The first kappa shape index (κ1) is 16.8. The molecule has 1 heterocycles. The molecule has 0 aliphatic rings. The zero-order valence-corrected chi connectivity index (χ0v) is 13.1. The van der Waals surface area contributed by atoms with E-state index in [4.69, 9.17) is 26.6 Å². The van der Waals surface area contributed by atoms with E-state index in [9.17, 15) is 9.59 Å². The topological polar surface area (TPSA) is 94.6 Å². The molecule has 0 unspecified atom stereocenters. The Balaban J connectivity index is 2.27. The van der Waals surface area contributed by atoms with Crippen molar-refractivity contribution >= 4 is 29.6 Å². The highest BCUT2D eigenvalue weighted by molar-refractivity contribution is 6.33. The van der Waals surface area contributed by atoms with Crippen molar-refractivity contribution in [1.29, 1.82) is 0 Å². The average molecular weight is 335 g/mol. The average Bonchev–Trinajstić information content (AvgIpc) is 3.02. The van der Waals surface area contributed by atoms with Crippen LogP contribution in [0.4, 0.5) is 0 Å². The monoisotopic (exact) mass is 334 g/mol. The lowest BCUT2D eigenvalue weighted by Gasteiger charge is -2.05. The van der Waals surface area contributed by atoms with Crippen molar-refractivity contribution in [2.24, 2.45) is 5.84 Å². The Hall–Kier alpha value is -2.57. The third-order valence-corrected chi connectivity index (χ3v) is 3.24. The first-order valence-corrected chi connectivity index (χ1v) is 7.18. The number of rotatable bonds is 5. The van der Waals surface area contributed by atoms with Crippen molar-refractivity contribution in [1.82, 2.24) is 5.43 Å². The number of esters is 1. The summed E-state index contributed by atoms with van der Waals surface area (Å²) < 4.78 is 10.6. The second-order valence-corrected chi connectivity index (χ2v) is 4.87. The molecule has 1 aromatic carbocycles. The zero-order chi connectivity index (χ0) is 16.8. The van der Waals surface area contributed by atoms with Crippen LogP contribution in [-0.4, -0.2) is 18.5 Å². The van der Waals surface area contributed by atoms with Crippen LogP contribution in [0.1, 0.15) is 23.0 Å². The second kappa shape index (κ2) is 7.62. The van der Waals surface area contributed by atoms with E-state index in [1.54, 1.807) is 37.3 Å². The van der Waals surface area contributed by atoms with Gasteiger partial charge in [-0.1, -0.05) is 11.6 Å². The van der Waals surface area contributed by atoms with Crippen molar-refractivity contribution < 1.29 is 18.7 Å². The maximum atomic E-state index is 11.9. The van der Waals surface area contributed by atoms with Gasteiger partial charge in [-0.3, -0.25) is 10.2 Å². The number of amides is 1. The van der Waals surface area contributed by atoms with E-state index >= 15 is 0 Å². The predicted octanol–water partition coefficient (Wildman–Crippen LogP) is 2.78. The Morgan fingerprint density at radius 2 is 2.13 bits per heavy atom. The number of hydrogen-bond acceptors (Lipinski definition) is 5. The van der Waals surface area contributed by atoms with Crippen molar-refractivity contribution in [3.05, 3.63) is 52.8 Å². The predicted molar refractivity (Wildman–Crippen MR) is 86.5 cm³/mol. The van der Waals surface area contributed by atoms with Crippen LogP contribution in [0.25, 0.3) is 17.4 Å². The summed E-state index contributed by atoms with van der Waals surface area (Å²) in [5.74, 6) is 5.03. The van der Waals surface area contributed by atoms with Gasteiger partial charge in [-0.2, -0.15) is 0 Å². The van der Waals surface area contributed by atoms with Gasteiger partial charge < -0.3 is 9.15 Å². The van der Waals surface area contributed by atoms with Crippen LogP contribution < -0.4 is 11.3 Å². The Labute approximate surface area is 137 Å². The van der Waals surface area contributed by atoms with Crippen molar-refractivity contribution in [3.63, 3.8) is 0 Å². The fraction of sp³-hybridized carbons (Fsp3) is 0.125. The first-order valence-electron chi connectivity index (χ1n) is 6.80. The maximum Gasteiger partial charge on any atom is 0.339 e. The molecule has 0 radical (unpaired) electrons. The van der Waals surface area contributed by atoms with Gasteiger partial charge in [-0.05, 0) is 43.3 Å². The standard InChI is InChI=1S/C16H15ClN2O4/c1-2-22-16(21)12-9-10(3-6-13(12)17)14-7-4-11(23-14)5-8-15(20)19-18/h3-9H,2,18H2,1H3,(H,19,20)/b8-5+. The number of nitrogens with one attached hydrogen (secondary N) is 1. The lowest BCUT2D eigenvalue weighted by molar-refractivity contribution is -0.116. The van der Waals surface area contributed by atoms with Gasteiger partial charge in [0, 0.05) is 11.6 Å². The summed E-state index contributed by atoms with van der Waals surface area (Å²) in [6, 6.07) is 8.33. The fourth-order valence-corrected chi connectivity index (χ4v) is 2.04. The molecule has 0 bridgehead atoms. The molecule has 1 amide bonds. The molecular weight excluding hydrogens is 320 g/mol. The number of furan rings is 1. The summed E-state index contributed by atoms with van der Waals surface area (Å²) in [5, 5.41) is 0.304. The van der Waals surface area contributed by atoms with Crippen LogP contribution in [0.5, 0.6) is 0 Å². The number of hydrazine groups is 1. The highest BCUT2D eigenvalue weighted by Gasteiger charge is 2.14. The van der Waals surface area contributed by atoms with Crippen molar-refractivity contribution in [2.75, 3.05) is 6.61 Å². The number of halogens is 1. The van der Waals surface area contributed by atoms with E-state index in [1.807, 2.05) is 5.43 Å². The zero-order valence-electron chi connectivity index (χ0n) is 12.3. The highest BCUT2D eigenvalue weighted by Crippen LogP contribution is 2.27. The van der Waals surface area contributed by atoms with Crippen LogP contribution >= 0.6 is 11.6 Å². The third-order valence-electron chi connectivity index (χ3n) is 2.91. The van der Waals surface area contributed by atoms with E-state index in [1.165, 1.54) is 12.2 Å². The van der Waals surface area contributed by atoms with Gasteiger partial charge >= 0.3 is 5.97 Å². The molecular formula is C16H15ClN2O4. The minimum absolute atomic E-state index is 0.262. The minimum atomic E-state index is -0.495. The normalized spacial score (nSPS) is 10.7. The van der Waals surface area contributed by atoms with Crippen LogP contribution in [0, 0.1) is 0 Å². The summed E-state index contributed by atoms with van der Waals surface area (Å²) in [5.41, 5.74) is 2.91. The number of carbonyl (C=O) groups excluding carboxylic acids is 2. The molecule has 3 N–H and O–H groups in total. The van der Waals surface area contributed by atoms with Gasteiger partial charge in [0.05, 0.1) is 17.2 Å². The molecule has 0 saturated heterocycles. The van der Waals surface area contributed by atoms with Crippen LogP contribution in [0.2, 0.25) is 5.02 Å². The smallest absolute Gasteiger partial charge is 0.339 e. The molecule has 7 heteroatoms. The molecule has 120 valence electrons. The van der Waals surface area contributed by atoms with Gasteiger partial charge in [0.15, 0.2) is 0 Å². The summed E-state index contributed by atoms with van der Waals surface area (Å²) in [7, 11) is 0. The highest BCUT2D eigenvalue weighted by atomic mass is 35.5. The molecule has 0 atom stereocenters. The maximum absolute atomic E-state index is 11.9. The van der Waals surface area contributed by atoms with Crippen molar-refractivity contribution in [3.8, 4) is 11.3 Å². The molecule has 2 aromatic rings. The Kier molecular flexibility index (Phi) is 5.56. The van der Waals surface area contributed by atoms with Gasteiger partial charge in [-0.25, -0.2) is 10.6 Å². The van der Waals surface area contributed by atoms with E-state index in [2.05, 4.69) is 0 Å². The van der Waals surface area contributed by atoms with E-state index in [0.29, 0.717) is 22.1 Å². The van der Waals surface area contributed by atoms with Crippen LogP contribution in [-0.2, 0) is 9.53 Å². The van der Waals surface area contributed by atoms with E-state index < -0.39 is 11.9 Å². The number of ether oxygens (including phenoxy) is 1. The van der Waals surface area contributed by atoms with E-state index in [0.717, 1.165) is 0 Å². The largest absolute Gasteiger partial charge is 0.462 e. The Morgan fingerprint density at radius 3 is 2.83 bits per heavy atom. The molecule has 23 heavy (non-hydrogen) atoms. The van der Waals surface area contributed by atoms with Gasteiger partial charge in [0.2, 0.25) is 0 Å². The first-order chi connectivity index (χ1) is 11.0. The molecule has 0 saturated carbocycles. The minimum Gasteiger partial charge on any atom is -0.462 e. The molecule has 0 aliphatic heterocycles. The second-order valence-electron chi connectivity index (χ2n) is 4.46. The van der Waals surface area contributed by atoms with Crippen LogP contribution in [0.3, 0.4) is 0 Å². The molecule has 2 rings (SSSR count). The Morgan fingerprint density at radius 1 is 1.35 bits per heavy atom. The van der Waals surface area contributed by atoms with Gasteiger partial charge in [0.1, 0.15) is 11.5 Å². The number of nitrogens with two attached hydrogens (primary N) is 1. The molecule has 0 fully saturated rings.